The Kier molecular flexibility index (Phi) is 5.97. The van der Waals surface area contributed by atoms with Gasteiger partial charge in [0, 0.05) is 18.3 Å². The Bertz CT molecular complexity index is 1040. The van der Waals surface area contributed by atoms with Crippen molar-refractivity contribution in [3.8, 4) is 0 Å². The first kappa shape index (κ1) is 21.6. The summed E-state index contributed by atoms with van der Waals surface area (Å²) in [7, 11) is 0. The second-order valence-corrected chi connectivity index (χ2v) is 8.17. The summed E-state index contributed by atoms with van der Waals surface area (Å²) in [4.78, 5) is 50.7. The fraction of sp³-hybridized carbons (Fsp3) is 0.300. The number of thiophene rings is 1. The maximum absolute atomic E-state index is 13.6. The van der Waals surface area contributed by atoms with Gasteiger partial charge in [-0.25, -0.2) is 13.6 Å². The van der Waals surface area contributed by atoms with Crippen molar-refractivity contribution in [3.63, 3.8) is 0 Å². The molecule has 7 nitrogen and oxygen atoms in total. The van der Waals surface area contributed by atoms with Crippen LogP contribution < -0.4 is 10.6 Å². The maximum atomic E-state index is 13.6. The normalized spacial score (nSPS) is 18.5. The smallest absolute Gasteiger partial charge is 0.325 e. The van der Waals surface area contributed by atoms with Crippen LogP contribution in [0.1, 0.15) is 34.0 Å². The average Bonchev–Trinajstić information content (AvgIpc) is 3.23. The van der Waals surface area contributed by atoms with Crippen LogP contribution in [-0.4, -0.2) is 41.6 Å². The molecule has 1 aliphatic rings. The number of nitrogens with one attached hydrogen (secondary N) is 2. The summed E-state index contributed by atoms with van der Waals surface area (Å²) in [6.07, 6.45) is 0.550. The van der Waals surface area contributed by atoms with Gasteiger partial charge < -0.3 is 10.6 Å². The van der Waals surface area contributed by atoms with Gasteiger partial charge in [-0.1, -0.05) is 6.07 Å². The lowest BCUT2D eigenvalue weighted by atomic mass is 9.92. The van der Waals surface area contributed by atoms with Crippen LogP contribution in [0.15, 0.2) is 30.3 Å². The molecule has 30 heavy (non-hydrogen) atoms. The van der Waals surface area contributed by atoms with Crippen LogP contribution in [0.2, 0.25) is 0 Å². The number of imide groups is 1. The van der Waals surface area contributed by atoms with Gasteiger partial charge in [-0.3, -0.25) is 19.3 Å². The topological polar surface area (TPSA) is 95.6 Å². The Morgan fingerprint density at radius 3 is 2.57 bits per heavy atom. The number of halogens is 2. The molecule has 1 aromatic carbocycles. The van der Waals surface area contributed by atoms with Crippen LogP contribution in [0.25, 0.3) is 0 Å². The lowest BCUT2D eigenvalue weighted by Gasteiger charge is -2.22. The maximum Gasteiger partial charge on any atom is 0.325 e. The minimum Gasteiger partial charge on any atom is -0.356 e. The molecule has 158 valence electrons. The summed E-state index contributed by atoms with van der Waals surface area (Å²) in [5.41, 5.74) is -1.53. The quantitative estimate of drug-likeness (QED) is 0.516. The van der Waals surface area contributed by atoms with Gasteiger partial charge in [0.15, 0.2) is 17.4 Å². The van der Waals surface area contributed by atoms with E-state index in [0.717, 1.165) is 21.9 Å². The van der Waals surface area contributed by atoms with Crippen LogP contribution in [0.3, 0.4) is 0 Å². The van der Waals surface area contributed by atoms with Gasteiger partial charge in [0.05, 0.1) is 11.4 Å². The number of nitrogens with zero attached hydrogens (tertiary/aromatic N) is 1. The molecule has 1 atom stereocenters. The number of hydrogen-bond acceptors (Lipinski definition) is 5. The molecule has 0 saturated carbocycles. The van der Waals surface area contributed by atoms with E-state index in [0.29, 0.717) is 17.8 Å². The van der Waals surface area contributed by atoms with Crippen LogP contribution in [0.4, 0.5) is 13.6 Å². The predicted octanol–water partition coefficient (Wildman–Crippen LogP) is 2.35. The Morgan fingerprint density at radius 2 is 1.90 bits per heavy atom. The molecule has 1 aromatic heterocycles. The summed E-state index contributed by atoms with van der Waals surface area (Å²) < 4.78 is 26.8. The van der Waals surface area contributed by atoms with E-state index in [4.69, 9.17) is 0 Å². The molecule has 10 heteroatoms. The van der Waals surface area contributed by atoms with Gasteiger partial charge in [0.25, 0.3) is 5.91 Å². The first-order valence-electron chi connectivity index (χ1n) is 9.08. The number of Topliss-reactive ketones (excluding diaryl/α,β-unsaturated/α-hetero) is 1. The van der Waals surface area contributed by atoms with E-state index in [2.05, 4.69) is 10.6 Å². The molecule has 2 heterocycles. The van der Waals surface area contributed by atoms with Crippen LogP contribution in [-0.2, 0) is 21.5 Å². The molecule has 3 rings (SSSR count). The number of rotatable bonds is 7. The molecular weight excluding hydrogens is 416 g/mol. The molecule has 4 amide bonds. The highest BCUT2D eigenvalue weighted by Crippen LogP contribution is 2.30. The van der Waals surface area contributed by atoms with Gasteiger partial charge in [-0.2, -0.15) is 0 Å². The number of hydrogen-bond donors (Lipinski definition) is 2. The monoisotopic (exact) mass is 435 g/mol. The average molecular weight is 435 g/mol. The van der Waals surface area contributed by atoms with Gasteiger partial charge >= 0.3 is 6.03 Å². The lowest BCUT2D eigenvalue weighted by molar-refractivity contribution is -0.130. The summed E-state index contributed by atoms with van der Waals surface area (Å²) in [5, 5.41) is 5.11. The molecule has 1 unspecified atom stereocenters. The second kappa shape index (κ2) is 8.31. The number of carbonyl (C=O) groups is 4. The standard InChI is InChI=1S/C20H19F2N3O4S/c1-11(26)23-8-7-13-4-6-17(30-13)16(27)10-25-18(28)20(2,24-19(25)29)12-3-5-14(21)15(22)9-12/h3-6,9H,7-8,10H2,1-2H3,(H,23,26)(H,24,29). The zero-order valence-electron chi connectivity index (χ0n) is 16.3. The Morgan fingerprint density at radius 1 is 1.17 bits per heavy atom. The van der Waals surface area contributed by atoms with Gasteiger partial charge in [-0.05, 0) is 43.2 Å². The van der Waals surface area contributed by atoms with Crippen molar-refractivity contribution in [3.05, 3.63) is 57.3 Å². The van der Waals surface area contributed by atoms with Crippen molar-refractivity contribution in [2.75, 3.05) is 13.1 Å². The minimum atomic E-state index is -1.61. The highest BCUT2D eigenvalue weighted by molar-refractivity contribution is 7.14. The number of amides is 4. The summed E-state index contributed by atoms with van der Waals surface area (Å²) in [6, 6.07) is 5.49. The fourth-order valence-electron chi connectivity index (χ4n) is 3.09. The first-order valence-corrected chi connectivity index (χ1v) is 9.89. The van der Waals surface area contributed by atoms with Gasteiger partial charge in [0.2, 0.25) is 5.91 Å². The van der Waals surface area contributed by atoms with E-state index in [1.165, 1.54) is 31.3 Å². The SMILES string of the molecule is CC(=O)NCCc1ccc(C(=O)CN2C(=O)NC(C)(c3ccc(F)c(F)c3)C2=O)s1. The first-order chi connectivity index (χ1) is 14.1. The van der Waals surface area contributed by atoms with E-state index in [9.17, 15) is 28.0 Å². The van der Waals surface area contributed by atoms with E-state index in [-0.39, 0.29) is 11.5 Å². The molecular formula is C20H19F2N3O4S. The van der Waals surface area contributed by atoms with E-state index in [1.54, 1.807) is 12.1 Å². The third-order valence-electron chi connectivity index (χ3n) is 4.76. The minimum absolute atomic E-state index is 0.0751. The summed E-state index contributed by atoms with van der Waals surface area (Å²) in [5.74, 6) is -3.52. The zero-order valence-corrected chi connectivity index (χ0v) is 17.1. The predicted molar refractivity (Wildman–Crippen MR) is 105 cm³/mol. The van der Waals surface area contributed by atoms with Crippen molar-refractivity contribution in [2.45, 2.75) is 25.8 Å². The van der Waals surface area contributed by atoms with E-state index in [1.807, 2.05) is 0 Å². The summed E-state index contributed by atoms with van der Waals surface area (Å²) in [6.45, 7) is 2.74. The number of benzene rings is 1. The largest absolute Gasteiger partial charge is 0.356 e. The zero-order chi connectivity index (χ0) is 22.1. The van der Waals surface area contributed by atoms with Crippen molar-refractivity contribution < 1.29 is 28.0 Å². The molecule has 1 aliphatic heterocycles. The van der Waals surface area contributed by atoms with Crippen molar-refractivity contribution in [1.29, 1.82) is 0 Å². The van der Waals surface area contributed by atoms with E-state index >= 15 is 0 Å². The lowest BCUT2D eigenvalue weighted by Crippen LogP contribution is -2.41. The number of ketones is 1. The molecule has 0 aliphatic carbocycles. The molecule has 0 spiro atoms. The third kappa shape index (κ3) is 4.23. The molecule has 0 radical (unpaired) electrons. The van der Waals surface area contributed by atoms with Crippen LogP contribution in [0, 0.1) is 11.6 Å². The molecule has 2 N–H and O–H groups in total. The van der Waals surface area contributed by atoms with Crippen molar-refractivity contribution >= 4 is 35.0 Å². The number of carbonyl (C=O) groups excluding carboxylic acids is 4. The highest BCUT2D eigenvalue weighted by Gasteiger charge is 2.49. The molecule has 2 aromatic rings. The fourth-order valence-corrected chi connectivity index (χ4v) is 4.03. The van der Waals surface area contributed by atoms with Crippen LogP contribution >= 0.6 is 11.3 Å². The van der Waals surface area contributed by atoms with Crippen LogP contribution in [0.5, 0.6) is 0 Å². The molecule has 0 bridgehead atoms. The Balaban J connectivity index is 1.71. The summed E-state index contributed by atoms with van der Waals surface area (Å²) >= 11 is 1.22. The number of urea groups is 1. The van der Waals surface area contributed by atoms with Crippen molar-refractivity contribution in [2.24, 2.45) is 0 Å². The Hall–Kier alpha value is -3.14. The molecule has 1 fully saturated rings. The highest BCUT2D eigenvalue weighted by atomic mass is 32.1. The Labute approximate surface area is 175 Å². The van der Waals surface area contributed by atoms with Gasteiger partial charge in [-0.15, -0.1) is 11.3 Å². The molecule has 1 saturated heterocycles. The second-order valence-electron chi connectivity index (χ2n) is 7.00. The van der Waals surface area contributed by atoms with Crippen molar-refractivity contribution in [1.82, 2.24) is 15.5 Å². The van der Waals surface area contributed by atoms with E-state index < -0.39 is 41.4 Å². The van der Waals surface area contributed by atoms with Gasteiger partial charge in [0.1, 0.15) is 5.54 Å². The third-order valence-corrected chi connectivity index (χ3v) is 5.94.